The van der Waals surface area contributed by atoms with E-state index in [4.69, 9.17) is 5.11 Å². The SMILES string of the molecule is O=C(CC(=O)C(=O)c1ccc(O)cc1O)CC(=O)c1ccccc1. The Balaban J connectivity index is 2.00. The molecule has 0 unspecified atom stereocenters. The van der Waals surface area contributed by atoms with E-state index in [9.17, 15) is 24.3 Å². The second-order valence-corrected chi connectivity index (χ2v) is 5.14. The summed E-state index contributed by atoms with van der Waals surface area (Å²) < 4.78 is 0. The minimum Gasteiger partial charge on any atom is -0.508 e. The van der Waals surface area contributed by atoms with Gasteiger partial charge in [-0.1, -0.05) is 30.3 Å². The summed E-state index contributed by atoms with van der Waals surface area (Å²) in [6, 6.07) is 11.3. The molecule has 0 amide bonds. The van der Waals surface area contributed by atoms with Gasteiger partial charge in [-0.2, -0.15) is 0 Å². The van der Waals surface area contributed by atoms with Gasteiger partial charge in [0.15, 0.2) is 5.78 Å². The van der Waals surface area contributed by atoms with Crippen LogP contribution in [0.15, 0.2) is 48.5 Å². The molecule has 0 radical (unpaired) electrons. The Morgan fingerprint density at radius 2 is 1.50 bits per heavy atom. The molecule has 6 heteroatoms. The van der Waals surface area contributed by atoms with Crippen molar-refractivity contribution < 1.29 is 29.4 Å². The Kier molecular flexibility index (Phi) is 5.21. The lowest BCUT2D eigenvalue weighted by Crippen LogP contribution is -2.20. The highest BCUT2D eigenvalue weighted by Gasteiger charge is 2.23. The Morgan fingerprint density at radius 3 is 2.12 bits per heavy atom. The van der Waals surface area contributed by atoms with Gasteiger partial charge in [-0.25, -0.2) is 0 Å². The van der Waals surface area contributed by atoms with Gasteiger partial charge in [-0.05, 0) is 12.1 Å². The first kappa shape index (κ1) is 17.1. The first-order valence-corrected chi connectivity index (χ1v) is 7.08. The molecule has 0 heterocycles. The molecule has 0 fully saturated rings. The number of Topliss-reactive ketones (excluding diaryl/α,β-unsaturated/α-hetero) is 4. The molecule has 0 aromatic heterocycles. The first-order valence-electron chi connectivity index (χ1n) is 7.08. The lowest BCUT2D eigenvalue weighted by atomic mass is 9.99. The molecule has 2 aromatic carbocycles. The molecule has 2 N–H and O–H groups in total. The Morgan fingerprint density at radius 1 is 0.833 bits per heavy atom. The monoisotopic (exact) mass is 326 g/mol. The van der Waals surface area contributed by atoms with Crippen molar-refractivity contribution in [3.8, 4) is 11.5 Å². The van der Waals surface area contributed by atoms with E-state index in [1.54, 1.807) is 30.3 Å². The largest absolute Gasteiger partial charge is 0.508 e. The van der Waals surface area contributed by atoms with Gasteiger partial charge in [0.05, 0.1) is 18.4 Å². The predicted molar refractivity (Wildman–Crippen MR) is 84.1 cm³/mol. The maximum atomic E-state index is 11.9. The van der Waals surface area contributed by atoms with Crippen molar-refractivity contribution >= 4 is 23.1 Å². The zero-order valence-corrected chi connectivity index (χ0v) is 12.6. The van der Waals surface area contributed by atoms with Crippen LogP contribution in [0.2, 0.25) is 0 Å². The molecule has 0 saturated carbocycles. The fourth-order valence-electron chi connectivity index (χ4n) is 2.09. The molecular formula is C18H14O6. The van der Waals surface area contributed by atoms with Crippen LogP contribution >= 0.6 is 0 Å². The van der Waals surface area contributed by atoms with Crippen LogP contribution in [0.1, 0.15) is 33.6 Å². The molecule has 122 valence electrons. The van der Waals surface area contributed by atoms with Gasteiger partial charge >= 0.3 is 0 Å². The molecule has 0 atom stereocenters. The number of ketones is 4. The third-order valence-corrected chi connectivity index (χ3v) is 3.29. The van der Waals surface area contributed by atoms with E-state index in [0.29, 0.717) is 5.56 Å². The molecular weight excluding hydrogens is 312 g/mol. The van der Waals surface area contributed by atoms with Crippen LogP contribution in [-0.2, 0) is 9.59 Å². The summed E-state index contributed by atoms with van der Waals surface area (Å²) in [6.07, 6.45) is -1.21. The highest BCUT2D eigenvalue weighted by atomic mass is 16.3. The number of aromatic hydroxyl groups is 2. The second-order valence-electron chi connectivity index (χ2n) is 5.14. The number of hydrogen-bond donors (Lipinski definition) is 2. The summed E-state index contributed by atoms with van der Waals surface area (Å²) >= 11 is 0. The molecule has 0 spiro atoms. The summed E-state index contributed by atoms with van der Waals surface area (Å²) in [4.78, 5) is 47.5. The van der Waals surface area contributed by atoms with Crippen LogP contribution in [0.4, 0.5) is 0 Å². The van der Waals surface area contributed by atoms with E-state index in [0.717, 1.165) is 18.2 Å². The number of carbonyl (C=O) groups excluding carboxylic acids is 4. The van der Waals surface area contributed by atoms with Crippen molar-refractivity contribution in [3.63, 3.8) is 0 Å². The average Bonchev–Trinajstić information content (AvgIpc) is 2.54. The smallest absolute Gasteiger partial charge is 0.232 e. The zero-order chi connectivity index (χ0) is 17.7. The van der Waals surface area contributed by atoms with Crippen LogP contribution in [0, 0.1) is 0 Å². The number of rotatable bonds is 7. The molecule has 6 nitrogen and oxygen atoms in total. The lowest BCUT2D eigenvalue weighted by molar-refractivity contribution is -0.124. The van der Waals surface area contributed by atoms with Gasteiger partial charge in [-0.3, -0.25) is 19.2 Å². The molecule has 2 rings (SSSR count). The van der Waals surface area contributed by atoms with Crippen molar-refractivity contribution in [1.82, 2.24) is 0 Å². The normalized spacial score (nSPS) is 10.2. The van der Waals surface area contributed by atoms with E-state index in [1.165, 1.54) is 0 Å². The minimum atomic E-state index is -1.05. The topological polar surface area (TPSA) is 109 Å². The number of benzene rings is 2. The molecule has 0 aliphatic heterocycles. The van der Waals surface area contributed by atoms with E-state index >= 15 is 0 Å². The maximum Gasteiger partial charge on any atom is 0.232 e. The number of phenolic OH excluding ortho intramolecular Hbond substituents is 2. The Hall–Kier alpha value is -3.28. The zero-order valence-electron chi connectivity index (χ0n) is 12.6. The molecule has 0 saturated heterocycles. The third kappa shape index (κ3) is 4.13. The van der Waals surface area contributed by atoms with E-state index in [-0.39, 0.29) is 11.3 Å². The van der Waals surface area contributed by atoms with Gasteiger partial charge in [0.2, 0.25) is 11.6 Å². The van der Waals surface area contributed by atoms with Crippen molar-refractivity contribution in [1.29, 1.82) is 0 Å². The Bertz CT molecular complexity index is 808. The minimum absolute atomic E-state index is 0.263. The van der Waals surface area contributed by atoms with Crippen molar-refractivity contribution in [2.75, 3.05) is 0 Å². The maximum absolute atomic E-state index is 11.9. The van der Waals surface area contributed by atoms with Crippen molar-refractivity contribution in [3.05, 3.63) is 59.7 Å². The van der Waals surface area contributed by atoms with Crippen LogP contribution in [0.5, 0.6) is 11.5 Å². The average molecular weight is 326 g/mol. The van der Waals surface area contributed by atoms with Crippen molar-refractivity contribution in [2.45, 2.75) is 12.8 Å². The van der Waals surface area contributed by atoms with E-state index in [1.807, 2.05) is 0 Å². The van der Waals surface area contributed by atoms with Crippen molar-refractivity contribution in [2.24, 2.45) is 0 Å². The summed E-state index contributed by atoms with van der Waals surface area (Å²) in [5.41, 5.74) is 0.0424. The predicted octanol–water partition coefficient (Wildman–Crippen LogP) is 2.08. The Labute approximate surface area is 137 Å². The quantitative estimate of drug-likeness (QED) is 0.458. The van der Waals surface area contributed by atoms with Crippen LogP contribution in [-0.4, -0.2) is 33.3 Å². The highest BCUT2D eigenvalue weighted by molar-refractivity contribution is 6.47. The summed E-state index contributed by atoms with van der Waals surface area (Å²) in [5.74, 6) is -4.01. The van der Waals surface area contributed by atoms with Gasteiger partial charge in [0.25, 0.3) is 0 Å². The fraction of sp³-hybridized carbons (Fsp3) is 0.111. The first-order chi connectivity index (χ1) is 11.4. The summed E-state index contributed by atoms with van der Waals surface area (Å²) in [6.45, 7) is 0. The second kappa shape index (κ2) is 7.32. The third-order valence-electron chi connectivity index (χ3n) is 3.29. The molecule has 0 aliphatic rings. The van der Waals surface area contributed by atoms with Crippen LogP contribution in [0.25, 0.3) is 0 Å². The number of phenols is 2. The van der Waals surface area contributed by atoms with Gasteiger partial charge in [0, 0.05) is 11.6 Å². The van der Waals surface area contributed by atoms with Gasteiger partial charge in [0.1, 0.15) is 17.3 Å². The molecule has 24 heavy (non-hydrogen) atoms. The van der Waals surface area contributed by atoms with Crippen LogP contribution < -0.4 is 0 Å². The number of carbonyl (C=O) groups is 4. The van der Waals surface area contributed by atoms with Gasteiger partial charge in [-0.15, -0.1) is 0 Å². The molecule has 0 aliphatic carbocycles. The van der Waals surface area contributed by atoms with E-state index < -0.39 is 41.7 Å². The highest BCUT2D eigenvalue weighted by Crippen LogP contribution is 2.23. The van der Waals surface area contributed by atoms with E-state index in [2.05, 4.69) is 0 Å². The standard InChI is InChI=1S/C18H14O6/c19-12-6-7-14(16(22)8-12)18(24)17(23)10-13(20)9-15(21)11-4-2-1-3-5-11/h1-8,19,22H,9-10H2. The summed E-state index contributed by atoms with van der Waals surface area (Å²) in [7, 11) is 0. The molecule has 2 aromatic rings. The fourth-order valence-corrected chi connectivity index (χ4v) is 2.09. The molecule has 0 bridgehead atoms. The lowest BCUT2D eigenvalue weighted by Gasteiger charge is -2.04. The van der Waals surface area contributed by atoms with Crippen LogP contribution in [0.3, 0.4) is 0 Å². The number of hydrogen-bond acceptors (Lipinski definition) is 6. The summed E-state index contributed by atoms with van der Waals surface area (Å²) in [5, 5.41) is 18.7. The van der Waals surface area contributed by atoms with Gasteiger partial charge < -0.3 is 10.2 Å².